The van der Waals surface area contributed by atoms with Gasteiger partial charge in [0.25, 0.3) is 0 Å². The maximum Gasteiger partial charge on any atom is 0.0581 e. The summed E-state index contributed by atoms with van der Waals surface area (Å²) in [6, 6.07) is 1.60. The molecule has 0 aliphatic heterocycles. The fourth-order valence-corrected chi connectivity index (χ4v) is 19.7. The van der Waals surface area contributed by atoms with Crippen molar-refractivity contribution in [1.29, 1.82) is 0 Å². The fourth-order valence-electron chi connectivity index (χ4n) is 12.2. The molecule has 0 bridgehead atoms. The summed E-state index contributed by atoms with van der Waals surface area (Å²) >= 11 is 0. The molecule has 6 fully saturated rings. The first-order chi connectivity index (χ1) is 15.7. The molecule has 0 N–H and O–H groups in total. The van der Waals surface area contributed by atoms with Crippen molar-refractivity contribution in [3.8, 4) is 0 Å². The number of fused-ring (bicyclic) bond motifs is 6. The fraction of sp³-hybridized carbons (Fsp3) is 0.935. The third kappa shape index (κ3) is 3.48. The zero-order valence-corrected chi connectivity index (χ0v) is 22.3. The molecule has 180 valence electrons. The van der Waals surface area contributed by atoms with Crippen molar-refractivity contribution < 1.29 is 0 Å². The second kappa shape index (κ2) is 9.20. The molecular weight excluding hydrogens is 400 g/mol. The molecule has 6 rings (SSSR count). The van der Waals surface area contributed by atoms with Crippen LogP contribution in [0.5, 0.6) is 0 Å². The zero-order valence-electron chi connectivity index (χ0n) is 21.3. The number of allylic oxidation sites excluding steroid dienone is 1. The van der Waals surface area contributed by atoms with Gasteiger partial charge in [-0.15, -0.1) is 6.58 Å². The predicted molar refractivity (Wildman–Crippen MR) is 141 cm³/mol. The first kappa shape index (κ1) is 22.4. The van der Waals surface area contributed by atoms with Gasteiger partial charge in [0.05, 0.1) is 8.07 Å². The van der Waals surface area contributed by atoms with Crippen LogP contribution in [0.25, 0.3) is 0 Å². The monoisotopic (exact) mass is 452 g/mol. The van der Waals surface area contributed by atoms with Gasteiger partial charge in [-0.1, -0.05) is 95.7 Å². The first-order valence-corrected chi connectivity index (χ1v) is 18.2. The molecule has 0 spiro atoms. The van der Waals surface area contributed by atoms with E-state index in [4.69, 9.17) is 0 Å². The standard InChI is InChI=1S/C31H52Si/c1-3-4-21-32(2,30-26-17-9-5-13-22(26)23-14-6-10-18-27(23)30)31-28-19-11-7-15-24(28)25-16-8-12-20-29(25)31/h3,22-31H,1,4-21H2,2H3/t22-,23-,24-,25-,26+,27?,28+,29?,30?,31?,32?/m0/s1. The van der Waals surface area contributed by atoms with Gasteiger partial charge in [-0.2, -0.15) is 0 Å². The lowest BCUT2D eigenvalue weighted by molar-refractivity contribution is 0.184. The Morgan fingerprint density at radius 1 is 0.531 bits per heavy atom. The Morgan fingerprint density at radius 2 is 0.812 bits per heavy atom. The summed E-state index contributed by atoms with van der Waals surface area (Å²) in [5.41, 5.74) is 2.37. The van der Waals surface area contributed by atoms with Crippen LogP contribution in [-0.2, 0) is 0 Å². The van der Waals surface area contributed by atoms with Crippen LogP contribution in [0.2, 0.25) is 23.7 Å². The van der Waals surface area contributed by atoms with E-state index in [1.54, 1.807) is 109 Å². The molecule has 6 aliphatic rings. The Bertz CT molecular complexity index is 575. The molecular formula is C31H52Si. The molecule has 4 unspecified atom stereocenters. The molecule has 32 heavy (non-hydrogen) atoms. The van der Waals surface area contributed by atoms with Gasteiger partial charge in [-0.25, -0.2) is 0 Å². The van der Waals surface area contributed by atoms with Crippen molar-refractivity contribution in [3.05, 3.63) is 12.7 Å². The molecule has 0 aromatic carbocycles. The van der Waals surface area contributed by atoms with Crippen LogP contribution >= 0.6 is 0 Å². The molecule has 6 saturated carbocycles. The number of rotatable bonds is 5. The van der Waals surface area contributed by atoms with Crippen LogP contribution < -0.4 is 0 Å². The summed E-state index contributed by atoms with van der Waals surface area (Å²) in [7, 11) is -1.41. The van der Waals surface area contributed by atoms with E-state index < -0.39 is 8.07 Å². The SMILES string of the molecule is C=CCC[Si](C)(C1C2CCCC[C@H]2[C@@H]2CCCC[C@@H]12)C1C2CCCC[C@H]2[C@@H]2CCCC[C@@H]12. The summed E-state index contributed by atoms with van der Waals surface area (Å²) in [6.45, 7) is 7.30. The summed E-state index contributed by atoms with van der Waals surface area (Å²) in [4.78, 5) is 0. The summed E-state index contributed by atoms with van der Waals surface area (Å²) < 4.78 is 0. The molecule has 0 aromatic heterocycles. The Labute approximate surface area is 200 Å². The lowest BCUT2D eigenvalue weighted by Crippen LogP contribution is -2.50. The highest BCUT2D eigenvalue weighted by molar-refractivity contribution is 6.81. The first-order valence-electron chi connectivity index (χ1n) is 15.3. The van der Waals surface area contributed by atoms with Crippen molar-refractivity contribution >= 4 is 8.07 Å². The third-order valence-electron chi connectivity index (χ3n) is 12.9. The molecule has 0 nitrogen and oxygen atoms in total. The second-order valence-corrected chi connectivity index (χ2v) is 18.7. The zero-order chi connectivity index (χ0) is 21.7. The molecule has 6 aliphatic carbocycles. The summed E-state index contributed by atoms with van der Waals surface area (Å²) in [5.74, 6) is 9.12. The average molecular weight is 453 g/mol. The van der Waals surface area contributed by atoms with E-state index in [0.717, 1.165) is 47.3 Å². The normalized spacial score (nSPS) is 49.9. The molecule has 0 amide bonds. The van der Waals surface area contributed by atoms with Gasteiger partial charge in [-0.05, 0) is 90.5 Å². The molecule has 0 aromatic rings. The van der Waals surface area contributed by atoms with Gasteiger partial charge in [0.2, 0.25) is 0 Å². The van der Waals surface area contributed by atoms with Crippen molar-refractivity contribution in [3.63, 3.8) is 0 Å². The maximum absolute atomic E-state index is 4.27. The van der Waals surface area contributed by atoms with Crippen LogP contribution in [0.15, 0.2) is 12.7 Å². The van der Waals surface area contributed by atoms with Gasteiger partial charge < -0.3 is 0 Å². The lowest BCUT2D eigenvalue weighted by Gasteiger charge is -2.51. The second-order valence-electron chi connectivity index (χ2n) is 13.8. The van der Waals surface area contributed by atoms with Crippen molar-refractivity contribution in [1.82, 2.24) is 0 Å². The Kier molecular flexibility index (Phi) is 6.45. The molecule has 10 atom stereocenters. The van der Waals surface area contributed by atoms with Crippen molar-refractivity contribution in [2.45, 2.75) is 133 Å². The van der Waals surface area contributed by atoms with Crippen molar-refractivity contribution in [2.75, 3.05) is 0 Å². The smallest absolute Gasteiger partial charge is 0.0581 e. The van der Waals surface area contributed by atoms with Crippen LogP contribution in [-0.4, -0.2) is 8.07 Å². The van der Waals surface area contributed by atoms with Gasteiger partial charge in [0.1, 0.15) is 0 Å². The Balaban J connectivity index is 1.41. The summed E-state index contributed by atoms with van der Waals surface area (Å²) in [5, 5.41) is 0. The van der Waals surface area contributed by atoms with E-state index in [1.807, 2.05) is 0 Å². The largest absolute Gasteiger partial charge is 0.103 e. The van der Waals surface area contributed by atoms with Gasteiger partial charge in [0.15, 0.2) is 0 Å². The predicted octanol–water partition coefficient (Wildman–Crippen LogP) is 9.63. The van der Waals surface area contributed by atoms with Gasteiger partial charge in [0, 0.05) is 0 Å². The van der Waals surface area contributed by atoms with Crippen molar-refractivity contribution in [2.24, 2.45) is 47.3 Å². The van der Waals surface area contributed by atoms with Gasteiger partial charge in [-0.3, -0.25) is 0 Å². The van der Waals surface area contributed by atoms with E-state index in [2.05, 4.69) is 19.2 Å². The highest BCUT2D eigenvalue weighted by atomic mass is 28.3. The minimum absolute atomic E-state index is 1.14. The molecule has 0 saturated heterocycles. The van der Waals surface area contributed by atoms with Crippen LogP contribution in [0.4, 0.5) is 0 Å². The Morgan fingerprint density at radius 3 is 1.09 bits per heavy atom. The van der Waals surface area contributed by atoms with Crippen LogP contribution in [0.3, 0.4) is 0 Å². The topological polar surface area (TPSA) is 0 Å². The number of hydrogen-bond donors (Lipinski definition) is 0. The highest BCUT2D eigenvalue weighted by Gasteiger charge is 2.64. The molecule has 1 heteroatoms. The quantitative estimate of drug-likeness (QED) is 0.287. The lowest BCUT2D eigenvalue weighted by atomic mass is 9.73. The third-order valence-corrected chi connectivity index (χ3v) is 19.0. The highest BCUT2D eigenvalue weighted by Crippen LogP contribution is 2.71. The van der Waals surface area contributed by atoms with E-state index >= 15 is 0 Å². The average Bonchev–Trinajstić information content (AvgIpc) is 3.37. The van der Waals surface area contributed by atoms with E-state index in [0.29, 0.717) is 0 Å². The van der Waals surface area contributed by atoms with Crippen LogP contribution in [0.1, 0.15) is 109 Å². The minimum atomic E-state index is -1.41. The van der Waals surface area contributed by atoms with E-state index in [1.165, 1.54) is 17.5 Å². The van der Waals surface area contributed by atoms with E-state index in [-0.39, 0.29) is 0 Å². The Hall–Kier alpha value is -0.0431. The molecule has 0 heterocycles. The number of hydrogen-bond acceptors (Lipinski definition) is 0. The van der Waals surface area contributed by atoms with Crippen LogP contribution in [0, 0.1) is 47.3 Å². The van der Waals surface area contributed by atoms with Gasteiger partial charge >= 0.3 is 0 Å². The maximum atomic E-state index is 4.27. The minimum Gasteiger partial charge on any atom is -0.103 e. The molecule has 0 radical (unpaired) electrons. The summed E-state index contributed by atoms with van der Waals surface area (Å²) in [6.07, 6.45) is 29.0. The van der Waals surface area contributed by atoms with E-state index in [9.17, 15) is 0 Å².